The van der Waals surface area contributed by atoms with Crippen LogP contribution in [0.5, 0.6) is 0 Å². The van der Waals surface area contributed by atoms with Crippen LogP contribution in [0.4, 0.5) is 0 Å². The molecule has 0 atom stereocenters. The lowest BCUT2D eigenvalue weighted by Gasteiger charge is -2.05. The van der Waals surface area contributed by atoms with Crippen molar-refractivity contribution in [2.24, 2.45) is 0 Å². The molecule has 0 rings (SSSR count). The van der Waals surface area contributed by atoms with Crippen molar-refractivity contribution in [3.63, 3.8) is 0 Å². The van der Waals surface area contributed by atoms with Gasteiger partial charge in [-0.15, -0.1) is 0 Å². The fourth-order valence-electron chi connectivity index (χ4n) is 2.32. The Kier molecular flexibility index (Phi) is 14.1. The second-order valence-electron chi connectivity index (χ2n) is 6.90. The highest BCUT2D eigenvalue weighted by Gasteiger charge is 1.94. The number of nitrogens with one attached hydrogen (secondary N) is 1. The Labute approximate surface area is 161 Å². The smallest absolute Gasteiger partial charge is 0.256 e. The average Bonchev–Trinajstić information content (AvgIpc) is 2.54. The van der Waals surface area contributed by atoms with Crippen molar-refractivity contribution < 1.29 is 4.74 Å². The van der Waals surface area contributed by atoms with E-state index in [1.165, 1.54) is 28.7 Å². The SMILES string of the molecule is CNC(=S)OCC=C(C)CCC=C(C)CCC=C(C)CCC=C(C)C. The zero-order valence-corrected chi connectivity index (χ0v) is 17.9. The fourth-order valence-corrected chi connectivity index (χ4v) is 2.39. The van der Waals surface area contributed by atoms with Crippen LogP contribution >= 0.6 is 12.2 Å². The Morgan fingerprint density at radius 2 is 1.20 bits per heavy atom. The summed E-state index contributed by atoms with van der Waals surface area (Å²) in [4.78, 5) is 0. The maximum atomic E-state index is 5.32. The van der Waals surface area contributed by atoms with Crippen LogP contribution in [0.25, 0.3) is 0 Å². The summed E-state index contributed by atoms with van der Waals surface area (Å²) in [5, 5.41) is 3.25. The monoisotopic (exact) mass is 363 g/mol. The van der Waals surface area contributed by atoms with Gasteiger partial charge in [-0.1, -0.05) is 40.5 Å². The van der Waals surface area contributed by atoms with Gasteiger partial charge in [0.1, 0.15) is 6.61 Å². The van der Waals surface area contributed by atoms with Crippen LogP contribution in [-0.4, -0.2) is 18.8 Å². The Morgan fingerprint density at radius 1 is 0.760 bits per heavy atom. The van der Waals surface area contributed by atoms with Crippen molar-refractivity contribution in [3.8, 4) is 0 Å². The quantitative estimate of drug-likeness (QED) is 0.328. The van der Waals surface area contributed by atoms with Gasteiger partial charge in [-0.3, -0.25) is 0 Å². The van der Waals surface area contributed by atoms with E-state index in [1.807, 2.05) is 0 Å². The molecule has 0 spiro atoms. The first-order valence-corrected chi connectivity index (χ1v) is 9.70. The normalized spacial score (nSPS) is 12.8. The van der Waals surface area contributed by atoms with E-state index >= 15 is 0 Å². The summed E-state index contributed by atoms with van der Waals surface area (Å²) in [5.41, 5.74) is 5.74. The third kappa shape index (κ3) is 15.9. The molecule has 0 unspecified atom stereocenters. The standard InChI is InChI=1S/C22H37NOS/c1-18(2)10-7-11-19(3)12-8-13-20(4)14-9-15-21(5)16-17-24-22(25)23-6/h10,12,14,16H,7-9,11,13,15,17H2,1-6H3,(H,23,25). The molecule has 0 bridgehead atoms. The summed E-state index contributed by atoms with van der Waals surface area (Å²) < 4.78 is 5.32. The molecule has 0 saturated carbocycles. The van der Waals surface area contributed by atoms with E-state index in [2.05, 4.69) is 64.2 Å². The van der Waals surface area contributed by atoms with E-state index in [0.29, 0.717) is 11.8 Å². The van der Waals surface area contributed by atoms with Gasteiger partial charge in [0.05, 0.1) is 0 Å². The maximum Gasteiger partial charge on any atom is 0.256 e. The van der Waals surface area contributed by atoms with E-state index in [1.54, 1.807) is 7.05 Å². The van der Waals surface area contributed by atoms with Gasteiger partial charge >= 0.3 is 0 Å². The second-order valence-corrected chi connectivity index (χ2v) is 7.27. The maximum absolute atomic E-state index is 5.32. The van der Waals surface area contributed by atoms with Crippen LogP contribution in [0.2, 0.25) is 0 Å². The van der Waals surface area contributed by atoms with Crippen LogP contribution in [0.3, 0.4) is 0 Å². The summed E-state index contributed by atoms with van der Waals surface area (Å²) in [5.74, 6) is 0. The molecule has 0 saturated heterocycles. The highest BCUT2D eigenvalue weighted by molar-refractivity contribution is 7.80. The summed E-state index contributed by atoms with van der Waals surface area (Å²) in [6.45, 7) is 11.5. The molecule has 142 valence electrons. The van der Waals surface area contributed by atoms with Gasteiger partial charge in [0.15, 0.2) is 0 Å². The molecule has 0 fully saturated rings. The van der Waals surface area contributed by atoms with Gasteiger partial charge in [0, 0.05) is 7.05 Å². The van der Waals surface area contributed by atoms with Crippen LogP contribution in [0, 0.1) is 0 Å². The largest absolute Gasteiger partial charge is 0.467 e. The van der Waals surface area contributed by atoms with E-state index in [4.69, 9.17) is 17.0 Å². The third-order valence-electron chi connectivity index (χ3n) is 4.00. The van der Waals surface area contributed by atoms with Gasteiger partial charge in [0.2, 0.25) is 0 Å². The minimum atomic E-state index is 0.448. The average molecular weight is 364 g/mol. The summed E-state index contributed by atoms with van der Waals surface area (Å²) in [7, 11) is 1.77. The third-order valence-corrected chi connectivity index (χ3v) is 4.33. The lowest BCUT2D eigenvalue weighted by Crippen LogP contribution is -2.18. The Balaban J connectivity index is 3.99. The second kappa shape index (κ2) is 14.9. The molecule has 0 aliphatic rings. The van der Waals surface area contributed by atoms with Crippen LogP contribution < -0.4 is 5.32 Å². The van der Waals surface area contributed by atoms with E-state index in [9.17, 15) is 0 Å². The highest BCUT2D eigenvalue weighted by Crippen LogP contribution is 2.13. The van der Waals surface area contributed by atoms with E-state index in [0.717, 1.165) is 32.1 Å². The Morgan fingerprint density at radius 3 is 1.64 bits per heavy atom. The van der Waals surface area contributed by atoms with Crippen LogP contribution in [-0.2, 0) is 4.74 Å². The van der Waals surface area contributed by atoms with Crippen molar-refractivity contribution in [1.82, 2.24) is 5.32 Å². The summed E-state index contributed by atoms with van der Waals surface area (Å²) in [6.07, 6.45) is 16.0. The molecule has 0 amide bonds. The molecule has 1 N–H and O–H groups in total. The molecule has 0 aliphatic heterocycles. The lowest BCUT2D eigenvalue weighted by molar-refractivity contribution is 0.345. The van der Waals surface area contributed by atoms with Gasteiger partial charge < -0.3 is 10.1 Å². The van der Waals surface area contributed by atoms with Crippen molar-refractivity contribution in [3.05, 3.63) is 46.6 Å². The molecule has 0 radical (unpaired) electrons. The molecule has 25 heavy (non-hydrogen) atoms. The first-order valence-electron chi connectivity index (χ1n) is 9.30. The molecule has 0 aromatic carbocycles. The minimum absolute atomic E-state index is 0.448. The van der Waals surface area contributed by atoms with Crippen molar-refractivity contribution in [2.45, 2.75) is 73.1 Å². The number of hydrogen-bond acceptors (Lipinski definition) is 2. The zero-order valence-electron chi connectivity index (χ0n) is 17.1. The number of thiocarbonyl (C=S) groups is 1. The van der Waals surface area contributed by atoms with Crippen molar-refractivity contribution in [1.29, 1.82) is 0 Å². The fraction of sp³-hybridized carbons (Fsp3) is 0.591. The molecule has 3 heteroatoms. The van der Waals surface area contributed by atoms with Gasteiger partial charge in [-0.2, -0.15) is 0 Å². The molecule has 0 aromatic rings. The summed E-state index contributed by atoms with van der Waals surface area (Å²) >= 11 is 4.94. The van der Waals surface area contributed by atoms with E-state index < -0.39 is 0 Å². The number of hydrogen-bond donors (Lipinski definition) is 1. The van der Waals surface area contributed by atoms with E-state index in [-0.39, 0.29) is 0 Å². The van der Waals surface area contributed by atoms with Gasteiger partial charge in [0.25, 0.3) is 5.17 Å². The molecular formula is C22H37NOS. The lowest BCUT2D eigenvalue weighted by atomic mass is 10.0. The van der Waals surface area contributed by atoms with Gasteiger partial charge in [-0.05, 0) is 91.4 Å². The number of rotatable bonds is 11. The first kappa shape index (κ1) is 23.6. The molecule has 2 nitrogen and oxygen atoms in total. The minimum Gasteiger partial charge on any atom is -0.467 e. The van der Waals surface area contributed by atoms with Crippen molar-refractivity contribution >= 4 is 17.4 Å². The predicted molar refractivity (Wildman–Crippen MR) is 116 cm³/mol. The number of allylic oxidation sites excluding steroid dienone is 7. The topological polar surface area (TPSA) is 21.3 Å². The first-order chi connectivity index (χ1) is 11.8. The molecule has 0 heterocycles. The molecule has 0 aliphatic carbocycles. The summed E-state index contributed by atoms with van der Waals surface area (Å²) in [6, 6.07) is 0. The van der Waals surface area contributed by atoms with Crippen LogP contribution in [0.1, 0.15) is 73.1 Å². The number of ether oxygens (including phenoxy) is 1. The van der Waals surface area contributed by atoms with Crippen molar-refractivity contribution in [2.75, 3.05) is 13.7 Å². The molecular weight excluding hydrogens is 326 g/mol. The highest BCUT2D eigenvalue weighted by atomic mass is 32.1. The Bertz CT molecular complexity index is 508. The van der Waals surface area contributed by atoms with Crippen LogP contribution in [0.15, 0.2) is 46.6 Å². The predicted octanol–water partition coefficient (Wildman–Crippen LogP) is 6.65. The van der Waals surface area contributed by atoms with Gasteiger partial charge in [-0.25, -0.2) is 0 Å². The Hall–Kier alpha value is -1.35. The molecule has 0 aromatic heterocycles. The zero-order chi connectivity index (χ0) is 19.1.